The fourth-order valence-corrected chi connectivity index (χ4v) is 3.14. The van der Waals surface area contributed by atoms with E-state index in [2.05, 4.69) is 24.2 Å². The molecular weight excluding hydrogens is 274 g/mol. The molecule has 22 heavy (non-hydrogen) atoms. The second-order valence-electron chi connectivity index (χ2n) is 6.26. The van der Waals surface area contributed by atoms with E-state index < -0.39 is 0 Å². The van der Waals surface area contributed by atoms with Crippen molar-refractivity contribution in [3.63, 3.8) is 0 Å². The number of rotatable bonds is 6. The van der Waals surface area contributed by atoms with Crippen LogP contribution in [-0.2, 0) is 6.54 Å². The van der Waals surface area contributed by atoms with Crippen molar-refractivity contribution in [2.75, 3.05) is 20.1 Å². The van der Waals surface area contributed by atoms with Crippen molar-refractivity contribution in [2.45, 2.75) is 51.7 Å². The van der Waals surface area contributed by atoms with E-state index >= 15 is 0 Å². The number of amides is 2. The number of likely N-dealkylation sites (tertiary alicyclic amines) is 1. The van der Waals surface area contributed by atoms with Gasteiger partial charge in [-0.05, 0) is 45.7 Å². The second-order valence-corrected chi connectivity index (χ2v) is 6.26. The molecule has 2 atom stereocenters. The third-order valence-electron chi connectivity index (χ3n) is 4.88. The summed E-state index contributed by atoms with van der Waals surface area (Å²) in [6.07, 6.45) is 3.59. The summed E-state index contributed by atoms with van der Waals surface area (Å²) in [5.41, 5.74) is 1.14. The zero-order valence-corrected chi connectivity index (χ0v) is 14.1. The minimum atomic E-state index is 0.0417. The van der Waals surface area contributed by atoms with Crippen molar-refractivity contribution in [1.29, 1.82) is 0 Å². The van der Waals surface area contributed by atoms with Crippen molar-refractivity contribution in [2.24, 2.45) is 0 Å². The van der Waals surface area contributed by atoms with Crippen molar-refractivity contribution in [1.82, 2.24) is 15.1 Å². The highest BCUT2D eigenvalue weighted by Crippen LogP contribution is 2.24. The fraction of sp³-hybridized carbons (Fsp3) is 0.611. The Morgan fingerprint density at radius 2 is 2.05 bits per heavy atom. The third-order valence-corrected chi connectivity index (χ3v) is 4.88. The highest BCUT2D eigenvalue weighted by molar-refractivity contribution is 5.74. The van der Waals surface area contributed by atoms with Gasteiger partial charge in [0.05, 0.1) is 0 Å². The van der Waals surface area contributed by atoms with E-state index in [4.69, 9.17) is 0 Å². The molecule has 0 aromatic heterocycles. The molecule has 0 saturated carbocycles. The van der Waals surface area contributed by atoms with E-state index in [1.54, 1.807) is 0 Å². The Morgan fingerprint density at radius 3 is 2.64 bits per heavy atom. The van der Waals surface area contributed by atoms with E-state index in [1.165, 1.54) is 12.8 Å². The maximum Gasteiger partial charge on any atom is 0.317 e. The molecule has 2 rings (SSSR count). The lowest BCUT2D eigenvalue weighted by atomic mass is 10.1. The van der Waals surface area contributed by atoms with Crippen LogP contribution in [0.4, 0.5) is 4.79 Å². The van der Waals surface area contributed by atoms with Crippen LogP contribution in [0.3, 0.4) is 0 Å². The molecule has 1 N–H and O–H groups in total. The van der Waals surface area contributed by atoms with Crippen LogP contribution in [0.5, 0.6) is 0 Å². The Morgan fingerprint density at radius 1 is 1.32 bits per heavy atom. The Hall–Kier alpha value is -1.55. The molecular formula is C18H29N3O. The maximum atomic E-state index is 12.3. The standard InChI is InChI=1S/C18H29N3O/c1-4-21(13-12-17-11-10-15(2)20(17)3)18(22)19-14-16-8-6-5-7-9-16/h5-9,15,17H,4,10-14H2,1-3H3,(H,19,22). The number of urea groups is 1. The van der Waals surface area contributed by atoms with E-state index in [9.17, 15) is 4.79 Å². The number of carbonyl (C=O) groups excluding carboxylic acids is 1. The van der Waals surface area contributed by atoms with Gasteiger partial charge in [-0.2, -0.15) is 0 Å². The average molecular weight is 303 g/mol. The molecule has 1 aliphatic rings. The summed E-state index contributed by atoms with van der Waals surface area (Å²) in [5, 5.41) is 3.02. The van der Waals surface area contributed by atoms with Gasteiger partial charge in [-0.15, -0.1) is 0 Å². The van der Waals surface area contributed by atoms with E-state index in [1.807, 2.05) is 42.2 Å². The summed E-state index contributed by atoms with van der Waals surface area (Å²) in [7, 11) is 2.20. The van der Waals surface area contributed by atoms with Gasteiger partial charge in [-0.3, -0.25) is 0 Å². The van der Waals surface area contributed by atoms with Crippen LogP contribution in [0.25, 0.3) is 0 Å². The summed E-state index contributed by atoms with van der Waals surface area (Å²) in [6, 6.07) is 11.4. The molecule has 1 heterocycles. The van der Waals surface area contributed by atoms with Gasteiger partial charge in [0, 0.05) is 31.7 Å². The summed E-state index contributed by atoms with van der Waals surface area (Å²) in [6.45, 7) is 6.51. The van der Waals surface area contributed by atoms with Gasteiger partial charge in [0.2, 0.25) is 0 Å². The van der Waals surface area contributed by atoms with Crippen LogP contribution < -0.4 is 5.32 Å². The number of hydrogen-bond acceptors (Lipinski definition) is 2. The molecule has 0 spiro atoms. The lowest BCUT2D eigenvalue weighted by Crippen LogP contribution is -2.42. The second kappa shape index (κ2) is 8.18. The lowest BCUT2D eigenvalue weighted by molar-refractivity contribution is 0.185. The van der Waals surface area contributed by atoms with Gasteiger partial charge in [-0.1, -0.05) is 30.3 Å². The molecule has 4 heteroatoms. The molecule has 2 amide bonds. The van der Waals surface area contributed by atoms with E-state index in [0.29, 0.717) is 18.6 Å². The predicted octanol–water partition coefficient (Wildman–Crippen LogP) is 3.09. The van der Waals surface area contributed by atoms with E-state index in [0.717, 1.165) is 25.1 Å². The van der Waals surface area contributed by atoms with Crippen LogP contribution in [0.15, 0.2) is 30.3 Å². The molecule has 1 aliphatic heterocycles. The molecule has 1 aromatic carbocycles. The maximum absolute atomic E-state index is 12.3. The minimum absolute atomic E-state index is 0.0417. The molecule has 1 aromatic rings. The first kappa shape index (κ1) is 16.8. The highest BCUT2D eigenvalue weighted by Gasteiger charge is 2.27. The smallest absolute Gasteiger partial charge is 0.317 e. The zero-order chi connectivity index (χ0) is 15.9. The number of benzene rings is 1. The first-order valence-electron chi connectivity index (χ1n) is 8.40. The predicted molar refractivity (Wildman–Crippen MR) is 90.8 cm³/mol. The van der Waals surface area contributed by atoms with Crippen LogP contribution >= 0.6 is 0 Å². The zero-order valence-electron chi connectivity index (χ0n) is 14.1. The normalized spacial score (nSPS) is 21.8. The lowest BCUT2D eigenvalue weighted by Gasteiger charge is -2.27. The van der Waals surface area contributed by atoms with Gasteiger partial charge in [0.15, 0.2) is 0 Å². The molecule has 4 nitrogen and oxygen atoms in total. The van der Waals surface area contributed by atoms with Crippen LogP contribution in [0.1, 0.15) is 38.7 Å². The van der Waals surface area contributed by atoms with Crippen LogP contribution in [0.2, 0.25) is 0 Å². The number of nitrogens with one attached hydrogen (secondary N) is 1. The topological polar surface area (TPSA) is 35.6 Å². The minimum Gasteiger partial charge on any atom is -0.334 e. The van der Waals surface area contributed by atoms with Crippen molar-refractivity contribution in [3.8, 4) is 0 Å². The van der Waals surface area contributed by atoms with Crippen molar-refractivity contribution in [3.05, 3.63) is 35.9 Å². The highest BCUT2D eigenvalue weighted by atomic mass is 16.2. The Labute approximate surface area is 134 Å². The van der Waals surface area contributed by atoms with Gasteiger partial charge >= 0.3 is 6.03 Å². The monoisotopic (exact) mass is 303 g/mol. The Bertz CT molecular complexity index is 463. The van der Waals surface area contributed by atoms with Gasteiger partial charge in [0.1, 0.15) is 0 Å². The summed E-state index contributed by atoms with van der Waals surface area (Å²) in [4.78, 5) is 16.7. The third kappa shape index (κ3) is 4.47. The summed E-state index contributed by atoms with van der Waals surface area (Å²) in [5.74, 6) is 0. The molecule has 1 fully saturated rings. The van der Waals surface area contributed by atoms with Crippen molar-refractivity contribution < 1.29 is 4.79 Å². The number of carbonyl (C=O) groups is 1. The number of hydrogen-bond donors (Lipinski definition) is 1. The van der Waals surface area contributed by atoms with Gasteiger partial charge in [0.25, 0.3) is 0 Å². The van der Waals surface area contributed by atoms with E-state index in [-0.39, 0.29) is 6.03 Å². The Balaban J connectivity index is 1.77. The van der Waals surface area contributed by atoms with Gasteiger partial charge < -0.3 is 15.1 Å². The summed E-state index contributed by atoms with van der Waals surface area (Å²) < 4.78 is 0. The summed E-state index contributed by atoms with van der Waals surface area (Å²) >= 11 is 0. The Kier molecular flexibility index (Phi) is 6.25. The fourth-order valence-electron chi connectivity index (χ4n) is 3.14. The quantitative estimate of drug-likeness (QED) is 0.876. The first-order valence-corrected chi connectivity index (χ1v) is 8.40. The van der Waals surface area contributed by atoms with Gasteiger partial charge in [-0.25, -0.2) is 4.79 Å². The molecule has 2 unspecified atom stereocenters. The molecule has 122 valence electrons. The average Bonchev–Trinajstić information content (AvgIpc) is 2.86. The largest absolute Gasteiger partial charge is 0.334 e. The molecule has 0 bridgehead atoms. The van der Waals surface area contributed by atoms with Crippen molar-refractivity contribution >= 4 is 6.03 Å². The van der Waals surface area contributed by atoms with Crippen LogP contribution in [-0.4, -0.2) is 48.1 Å². The number of nitrogens with zero attached hydrogens (tertiary/aromatic N) is 2. The molecule has 1 saturated heterocycles. The molecule has 0 aliphatic carbocycles. The molecule has 0 radical (unpaired) electrons. The first-order chi connectivity index (χ1) is 10.6. The SMILES string of the molecule is CCN(CCC1CCC(C)N1C)C(=O)NCc1ccccc1. The van der Waals surface area contributed by atoms with Crippen LogP contribution in [0, 0.1) is 0 Å².